The topological polar surface area (TPSA) is 113 Å². The molecule has 0 unspecified atom stereocenters. The van der Waals surface area contributed by atoms with Crippen molar-refractivity contribution < 1.29 is 50.5 Å². The Kier molecular flexibility index (Phi) is 20.1. The predicted octanol–water partition coefficient (Wildman–Crippen LogP) is 27.3. The van der Waals surface area contributed by atoms with E-state index < -0.39 is 7.12 Å². The number of hydrogen-bond acceptors (Lipinski definition) is 12. The zero-order chi connectivity index (χ0) is 88.3. The summed E-state index contributed by atoms with van der Waals surface area (Å²) >= 11 is 1.83. The SMILES string of the molecule is CC1(C)OB(c2cc(-c3ccccc3)cc3c2sc2cc4ccccc4cc23)OC1(C)C.CC1(C)OB(c2ccc(-c3cccc4oc5cc6ccccc6cc5c34)cc2)OC1(C)C.CC1(C)OB(c2cccc(-c3ccc4oc5cc6ccccc6cc5c4c3)c2)OC1(C)C.CC1(C)OB(c2cccc(-c3cccc4cc5oc6ccccc6c5cc34)c2)OC1(C)C. The first kappa shape index (κ1) is 83.1. The van der Waals surface area contributed by atoms with Gasteiger partial charge >= 0.3 is 28.5 Å². The normalized spacial score (nSPS) is 17.6. The van der Waals surface area contributed by atoms with Crippen LogP contribution in [0.4, 0.5) is 0 Å². The van der Waals surface area contributed by atoms with Crippen LogP contribution in [0.25, 0.3) is 174 Å². The predicted molar refractivity (Wildman–Crippen MR) is 535 cm³/mol. The van der Waals surface area contributed by atoms with Gasteiger partial charge in [-0.1, -0.05) is 237 Å². The smallest absolute Gasteiger partial charge is 0.456 e. The molecule has 24 rings (SSSR count). The molecule has 16 aromatic carbocycles. The molecule has 0 N–H and O–H groups in total. The first-order chi connectivity index (χ1) is 61.3. The summed E-state index contributed by atoms with van der Waals surface area (Å²) in [5, 5.41) is 19.1. The molecule has 0 bridgehead atoms. The van der Waals surface area contributed by atoms with Gasteiger partial charge in [0.1, 0.15) is 33.5 Å². The Balaban J connectivity index is 0.000000104. The van der Waals surface area contributed by atoms with Crippen molar-refractivity contribution in [3.8, 4) is 44.5 Å². The highest BCUT2D eigenvalue weighted by molar-refractivity contribution is 7.27. The summed E-state index contributed by atoms with van der Waals surface area (Å²) in [6.07, 6.45) is 0. The van der Waals surface area contributed by atoms with Crippen molar-refractivity contribution in [3.63, 3.8) is 0 Å². The van der Waals surface area contributed by atoms with Gasteiger partial charge in [0.25, 0.3) is 0 Å². The van der Waals surface area contributed by atoms with E-state index in [0.717, 1.165) is 121 Å². The third-order valence-electron chi connectivity index (χ3n) is 28.4. The van der Waals surface area contributed by atoms with Crippen LogP contribution in [0.1, 0.15) is 111 Å². The van der Waals surface area contributed by atoms with E-state index in [2.05, 4.69) is 408 Å². The second-order valence-electron chi connectivity index (χ2n) is 38.8. The molecular formula is C112H100B4O11S. The number of furan rings is 3. The molecule has 0 amide bonds. The van der Waals surface area contributed by atoms with Crippen LogP contribution in [0.2, 0.25) is 0 Å². The lowest BCUT2D eigenvalue weighted by Crippen LogP contribution is -2.41. The van der Waals surface area contributed by atoms with Gasteiger partial charge in [-0.3, -0.25) is 0 Å². The van der Waals surface area contributed by atoms with Gasteiger partial charge in [-0.15, -0.1) is 11.3 Å². The van der Waals surface area contributed by atoms with E-state index >= 15 is 0 Å². The van der Waals surface area contributed by atoms with E-state index in [0.29, 0.717) is 0 Å². The summed E-state index contributed by atoms with van der Waals surface area (Å²) in [6.45, 7) is 33.4. The van der Waals surface area contributed by atoms with Gasteiger partial charge in [0.2, 0.25) is 0 Å². The van der Waals surface area contributed by atoms with E-state index in [4.69, 9.17) is 50.5 Å². The molecule has 0 radical (unpaired) electrons. The molecule has 20 aromatic rings. The second kappa shape index (κ2) is 30.9. The molecule has 4 aliphatic rings. The van der Waals surface area contributed by atoms with Crippen molar-refractivity contribution in [2.45, 2.75) is 156 Å². The lowest BCUT2D eigenvalue weighted by molar-refractivity contribution is 0.00578. The molecule has 0 saturated carbocycles. The quantitative estimate of drug-likeness (QED) is 0.136. The molecular weight excluding hydrogens is 1600 g/mol. The zero-order valence-electron chi connectivity index (χ0n) is 75.2. The molecule has 632 valence electrons. The van der Waals surface area contributed by atoms with Gasteiger partial charge < -0.3 is 50.5 Å². The molecule has 0 spiro atoms. The van der Waals surface area contributed by atoms with Crippen molar-refractivity contribution >= 4 is 191 Å². The molecule has 8 heterocycles. The van der Waals surface area contributed by atoms with Crippen molar-refractivity contribution in [3.05, 3.63) is 315 Å². The van der Waals surface area contributed by atoms with Gasteiger partial charge in [-0.2, -0.15) is 0 Å². The highest BCUT2D eigenvalue weighted by Crippen LogP contribution is 2.47. The maximum atomic E-state index is 6.51. The number of rotatable bonds is 8. The fraction of sp³-hybridized carbons (Fsp3) is 0.214. The monoisotopic (exact) mass is 1700 g/mol. The van der Waals surface area contributed by atoms with E-state index in [-0.39, 0.29) is 66.2 Å². The molecule has 128 heavy (non-hydrogen) atoms. The van der Waals surface area contributed by atoms with E-state index in [9.17, 15) is 0 Å². The minimum Gasteiger partial charge on any atom is -0.456 e. The fourth-order valence-electron chi connectivity index (χ4n) is 18.1. The molecule has 4 fully saturated rings. The Morgan fingerprint density at radius 2 is 0.586 bits per heavy atom. The summed E-state index contributed by atoms with van der Waals surface area (Å²) in [6, 6.07) is 111. The Bertz CT molecular complexity index is 7720. The van der Waals surface area contributed by atoms with Crippen molar-refractivity contribution in [2.75, 3.05) is 0 Å². The molecule has 16 heteroatoms. The molecule has 4 aromatic heterocycles. The second-order valence-corrected chi connectivity index (χ2v) is 39.8. The Hall–Kier alpha value is -11.9. The van der Waals surface area contributed by atoms with Crippen LogP contribution in [-0.2, 0) is 37.2 Å². The van der Waals surface area contributed by atoms with Gasteiger partial charge in [0, 0.05) is 58.0 Å². The Labute approximate surface area is 751 Å². The summed E-state index contributed by atoms with van der Waals surface area (Å²) in [7, 11) is -1.50. The highest BCUT2D eigenvalue weighted by Gasteiger charge is 2.55. The van der Waals surface area contributed by atoms with Crippen LogP contribution in [-0.4, -0.2) is 73.3 Å². The third kappa shape index (κ3) is 14.7. The maximum absolute atomic E-state index is 6.51. The average Bonchev–Trinajstić information content (AvgIpc) is 1.51. The molecule has 0 atom stereocenters. The average molecular weight is 1700 g/mol. The molecule has 4 saturated heterocycles. The minimum atomic E-state index is -0.395. The molecule has 0 aliphatic carbocycles. The number of hydrogen-bond donors (Lipinski definition) is 0. The third-order valence-corrected chi connectivity index (χ3v) is 29.6. The standard InChI is InChI=1S/3C28H25BO3.C28H25BO2S/c1-27(2)28(3,4)32-29(31-27)20-11-7-9-18(15-20)21-13-8-10-19-16-26-24(17-23(19)21)22-12-5-6-14-25(22)30-26;1-27(2)28(3,4)32-29(31-27)21-14-12-18(13-15-21)22-10-7-11-24-26(22)23-16-19-8-5-6-9-20(19)17-25(23)30-24;1-27(2)28(3,4)32-29(31-27)22-11-7-10-18(14-22)21-12-13-25-23(16-21)24-15-19-8-5-6-9-20(19)17-26(24)30-25;1-27(2)28(3,4)31-29(30-27)24-16-21(18-10-6-5-7-11-18)15-23-22-14-19-12-8-9-13-20(19)17-25(22)32-26(23)24/h4*5-17H,1-4H3. The lowest BCUT2D eigenvalue weighted by atomic mass is 9.77. The summed E-state index contributed by atoms with van der Waals surface area (Å²) < 4.78 is 71.6. The minimum absolute atomic E-state index is 0.347. The van der Waals surface area contributed by atoms with Crippen LogP contribution >= 0.6 is 11.3 Å². The highest BCUT2D eigenvalue weighted by atomic mass is 32.1. The number of thiophene rings is 1. The number of fused-ring (bicyclic) bond motifs is 16. The van der Waals surface area contributed by atoms with Gasteiger partial charge in [0.15, 0.2) is 0 Å². The van der Waals surface area contributed by atoms with Crippen LogP contribution in [0.3, 0.4) is 0 Å². The summed E-state index contributed by atoms with van der Waals surface area (Å²) in [4.78, 5) is 0. The van der Waals surface area contributed by atoms with Crippen LogP contribution < -0.4 is 21.9 Å². The first-order valence-electron chi connectivity index (χ1n) is 44.5. The Morgan fingerprint density at radius 3 is 1.17 bits per heavy atom. The number of benzene rings is 16. The number of para-hydroxylation sites is 1. The molecule has 4 aliphatic heterocycles. The summed E-state index contributed by atoms with van der Waals surface area (Å²) in [5.41, 5.74) is 16.1. The fourth-order valence-corrected chi connectivity index (χ4v) is 19.4. The van der Waals surface area contributed by atoms with Crippen LogP contribution in [0.15, 0.2) is 329 Å². The Morgan fingerprint density at radius 1 is 0.203 bits per heavy atom. The van der Waals surface area contributed by atoms with Gasteiger partial charge in [-0.05, 0) is 294 Å². The van der Waals surface area contributed by atoms with Crippen molar-refractivity contribution in [2.24, 2.45) is 0 Å². The van der Waals surface area contributed by atoms with Crippen LogP contribution in [0, 0.1) is 0 Å². The van der Waals surface area contributed by atoms with Gasteiger partial charge in [0.05, 0.1) is 44.8 Å². The molecule has 11 nitrogen and oxygen atoms in total. The van der Waals surface area contributed by atoms with E-state index in [1.165, 1.54) is 74.6 Å². The lowest BCUT2D eigenvalue weighted by Gasteiger charge is -2.32. The van der Waals surface area contributed by atoms with Crippen LogP contribution in [0.5, 0.6) is 0 Å². The van der Waals surface area contributed by atoms with Crippen molar-refractivity contribution in [1.29, 1.82) is 0 Å². The van der Waals surface area contributed by atoms with Gasteiger partial charge in [-0.25, -0.2) is 0 Å². The summed E-state index contributed by atoms with van der Waals surface area (Å²) in [5.74, 6) is 0. The first-order valence-corrected chi connectivity index (χ1v) is 45.3. The van der Waals surface area contributed by atoms with E-state index in [1.54, 1.807) is 0 Å². The maximum Gasteiger partial charge on any atom is 0.496 e. The van der Waals surface area contributed by atoms with Crippen molar-refractivity contribution in [1.82, 2.24) is 0 Å². The van der Waals surface area contributed by atoms with E-state index in [1.807, 2.05) is 29.5 Å². The largest absolute Gasteiger partial charge is 0.496 e. The zero-order valence-corrected chi connectivity index (χ0v) is 76.0.